The molecule has 1 saturated heterocycles. The number of carbonyl (C=O) groups is 1. The molecule has 2 aliphatic rings. The van der Waals surface area contributed by atoms with E-state index < -0.39 is 5.97 Å². The summed E-state index contributed by atoms with van der Waals surface area (Å²) in [5, 5.41) is 0. The van der Waals surface area contributed by atoms with Crippen LogP contribution in [0, 0.1) is 13.8 Å². The highest BCUT2D eigenvalue weighted by Gasteiger charge is 2.27. The third kappa shape index (κ3) is 4.20. The number of benzene rings is 2. The summed E-state index contributed by atoms with van der Waals surface area (Å²) in [5.74, 6) is 0.452. The molecular weight excluding hydrogens is 378 g/mol. The first-order chi connectivity index (χ1) is 14.5. The zero-order chi connectivity index (χ0) is 21.1. The molecule has 0 bridgehead atoms. The van der Waals surface area contributed by atoms with Crippen molar-refractivity contribution in [2.45, 2.75) is 13.8 Å². The van der Waals surface area contributed by atoms with E-state index in [0.29, 0.717) is 30.6 Å². The zero-order valence-electron chi connectivity index (χ0n) is 17.2. The normalized spacial score (nSPS) is 18.6. The lowest BCUT2D eigenvalue weighted by Crippen LogP contribution is -2.49. The highest BCUT2D eigenvalue weighted by atomic mass is 16.6. The Morgan fingerprint density at radius 3 is 2.53 bits per heavy atom. The van der Waals surface area contributed by atoms with Crippen molar-refractivity contribution in [1.29, 1.82) is 0 Å². The van der Waals surface area contributed by atoms with Crippen LogP contribution in [0.4, 0.5) is 5.69 Å². The second-order valence-electron chi connectivity index (χ2n) is 7.40. The Morgan fingerprint density at radius 1 is 1.07 bits per heavy atom. The first-order valence-corrected chi connectivity index (χ1v) is 9.99. The molecule has 2 aromatic rings. The van der Waals surface area contributed by atoms with Gasteiger partial charge in [0.15, 0.2) is 11.7 Å². The molecule has 7 nitrogen and oxygen atoms in total. The Labute approximate surface area is 176 Å². The van der Waals surface area contributed by atoms with Crippen molar-refractivity contribution in [3.05, 3.63) is 77.1 Å². The average Bonchev–Trinajstić information content (AvgIpc) is 3.11. The van der Waals surface area contributed by atoms with Gasteiger partial charge >= 0.3 is 5.97 Å². The van der Waals surface area contributed by atoms with Gasteiger partial charge in [-0.3, -0.25) is 0 Å². The molecule has 0 amide bonds. The number of aryl methyl sites for hydroxylation is 1. The molecule has 4 rings (SSSR count). The predicted molar refractivity (Wildman–Crippen MR) is 117 cm³/mol. The second kappa shape index (κ2) is 8.41. The Kier molecular flexibility index (Phi) is 5.52. The van der Waals surface area contributed by atoms with Crippen molar-refractivity contribution >= 4 is 23.5 Å². The van der Waals surface area contributed by atoms with Gasteiger partial charge in [0.1, 0.15) is 0 Å². The lowest BCUT2D eigenvalue weighted by Gasteiger charge is -2.34. The predicted octanol–water partition coefficient (Wildman–Crippen LogP) is 2.71. The van der Waals surface area contributed by atoms with E-state index in [9.17, 15) is 4.79 Å². The first-order valence-electron chi connectivity index (χ1n) is 9.99. The lowest BCUT2D eigenvalue weighted by atomic mass is 10.0. The van der Waals surface area contributed by atoms with E-state index in [-0.39, 0.29) is 0 Å². The summed E-state index contributed by atoms with van der Waals surface area (Å²) in [7, 11) is 0. The highest BCUT2D eigenvalue weighted by molar-refractivity contribution is 6.11. The summed E-state index contributed by atoms with van der Waals surface area (Å²) in [4.78, 5) is 25.4. The van der Waals surface area contributed by atoms with Crippen molar-refractivity contribution < 1.29 is 9.53 Å². The van der Waals surface area contributed by atoms with Crippen LogP contribution in [-0.4, -0.2) is 53.8 Å². The van der Waals surface area contributed by atoms with Crippen LogP contribution in [0.2, 0.25) is 0 Å². The maximum atomic E-state index is 12.3. The lowest BCUT2D eigenvalue weighted by molar-refractivity contribution is -0.130. The summed E-state index contributed by atoms with van der Waals surface area (Å²) < 4.78 is 5.43. The SMILES string of the molecule is Cc1cccc(C2=N/C(=C/N3CCN(C(N)=Nc4ccccc4)CC3)C(=O)O2)c1C. The summed E-state index contributed by atoms with van der Waals surface area (Å²) >= 11 is 0. The molecule has 30 heavy (non-hydrogen) atoms. The molecule has 7 heteroatoms. The van der Waals surface area contributed by atoms with Crippen molar-refractivity contribution in [1.82, 2.24) is 9.80 Å². The third-order valence-corrected chi connectivity index (χ3v) is 5.40. The molecule has 1 fully saturated rings. The van der Waals surface area contributed by atoms with Crippen molar-refractivity contribution in [2.75, 3.05) is 26.2 Å². The number of hydrogen-bond acceptors (Lipinski definition) is 5. The molecule has 2 heterocycles. The van der Waals surface area contributed by atoms with Gasteiger partial charge in [0.25, 0.3) is 0 Å². The van der Waals surface area contributed by atoms with Crippen molar-refractivity contribution in [2.24, 2.45) is 15.7 Å². The molecule has 0 aliphatic carbocycles. The zero-order valence-corrected chi connectivity index (χ0v) is 17.2. The van der Waals surface area contributed by atoms with Gasteiger partial charge in [0.05, 0.1) is 5.69 Å². The molecular formula is C23H25N5O2. The Balaban J connectivity index is 1.43. The first kappa shape index (κ1) is 19.7. The minimum atomic E-state index is -0.418. The number of ether oxygens (including phenoxy) is 1. The molecule has 0 spiro atoms. The number of rotatable bonds is 3. The number of nitrogens with two attached hydrogens (primary N) is 1. The summed E-state index contributed by atoms with van der Waals surface area (Å²) in [6.07, 6.45) is 1.78. The monoisotopic (exact) mass is 403 g/mol. The molecule has 0 atom stereocenters. The molecule has 0 saturated carbocycles. The van der Waals surface area contributed by atoms with Crippen LogP contribution in [0.25, 0.3) is 0 Å². The maximum absolute atomic E-state index is 12.3. The number of para-hydroxylation sites is 1. The van der Waals surface area contributed by atoms with Crippen LogP contribution in [0.15, 0.2) is 70.4 Å². The van der Waals surface area contributed by atoms with E-state index >= 15 is 0 Å². The average molecular weight is 403 g/mol. The summed E-state index contributed by atoms with van der Waals surface area (Å²) in [5.41, 5.74) is 10.4. The Morgan fingerprint density at radius 2 is 1.80 bits per heavy atom. The van der Waals surface area contributed by atoms with Gasteiger partial charge < -0.3 is 20.3 Å². The number of aliphatic imine (C=N–C) groups is 2. The van der Waals surface area contributed by atoms with Gasteiger partial charge in [-0.05, 0) is 43.2 Å². The standard InChI is InChI=1S/C23H25N5O2/c1-16-7-6-10-19(17(16)2)21-26-20(22(29)30-21)15-27-11-13-28(14-12-27)23(24)25-18-8-4-3-5-9-18/h3-10,15H,11-14H2,1-2H3,(H2,24,25)/b20-15+. The minimum Gasteiger partial charge on any atom is -0.402 e. The number of hydrogen-bond donors (Lipinski definition) is 1. The fraction of sp³-hybridized carbons (Fsp3) is 0.261. The molecule has 154 valence electrons. The van der Waals surface area contributed by atoms with Gasteiger partial charge in [-0.2, -0.15) is 0 Å². The van der Waals surface area contributed by atoms with Gasteiger partial charge in [0.2, 0.25) is 5.90 Å². The number of nitrogens with zero attached hydrogens (tertiary/aromatic N) is 4. The van der Waals surface area contributed by atoms with Gasteiger partial charge in [-0.15, -0.1) is 0 Å². The number of cyclic esters (lactones) is 1. The highest BCUT2D eigenvalue weighted by Crippen LogP contribution is 2.21. The fourth-order valence-corrected chi connectivity index (χ4v) is 3.46. The molecule has 2 aliphatic heterocycles. The van der Waals surface area contributed by atoms with Crippen LogP contribution < -0.4 is 5.73 Å². The van der Waals surface area contributed by atoms with Crippen LogP contribution in [0.1, 0.15) is 16.7 Å². The van der Waals surface area contributed by atoms with Gasteiger partial charge in [0, 0.05) is 37.9 Å². The van der Waals surface area contributed by atoms with E-state index in [1.807, 2.05) is 67.3 Å². The quantitative estimate of drug-likeness (QED) is 0.369. The smallest absolute Gasteiger partial charge is 0.365 e. The maximum Gasteiger partial charge on any atom is 0.365 e. The number of esters is 1. The topological polar surface area (TPSA) is 83.5 Å². The largest absolute Gasteiger partial charge is 0.402 e. The van der Waals surface area contributed by atoms with Crippen LogP contribution in [0.5, 0.6) is 0 Å². The van der Waals surface area contributed by atoms with Crippen molar-refractivity contribution in [3.63, 3.8) is 0 Å². The third-order valence-electron chi connectivity index (χ3n) is 5.40. The van der Waals surface area contributed by atoms with E-state index in [4.69, 9.17) is 10.5 Å². The Bertz CT molecular complexity index is 1030. The number of carbonyl (C=O) groups excluding carboxylic acids is 1. The molecule has 0 unspecified atom stereocenters. The van der Waals surface area contributed by atoms with E-state index in [2.05, 4.69) is 14.9 Å². The van der Waals surface area contributed by atoms with Gasteiger partial charge in [-0.25, -0.2) is 14.8 Å². The number of guanidine groups is 1. The Hall–Kier alpha value is -3.61. The van der Waals surface area contributed by atoms with E-state index in [1.54, 1.807) is 6.20 Å². The van der Waals surface area contributed by atoms with Gasteiger partial charge in [-0.1, -0.05) is 30.3 Å². The van der Waals surface area contributed by atoms with E-state index in [1.165, 1.54) is 0 Å². The number of piperazine rings is 1. The van der Waals surface area contributed by atoms with E-state index in [0.717, 1.165) is 35.5 Å². The fourth-order valence-electron chi connectivity index (χ4n) is 3.46. The molecule has 0 radical (unpaired) electrons. The second-order valence-corrected chi connectivity index (χ2v) is 7.40. The molecule has 2 N–H and O–H groups in total. The van der Waals surface area contributed by atoms with Crippen LogP contribution in [-0.2, 0) is 9.53 Å². The summed E-state index contributed by atoms with van der Waals surface area (Å²) in [6, 6.07) is 15.5. The van der Waals surface area contributed by atoms with Crippen LogP contribution in [0.3, 0.4) is 0 Å². The molecule has 2 aromatic carbocycles. The molecule has 0 aromatic heterocycles. The van der Waals surface area contributed by atoms with Crippen molar-refractivity contribution in [3.8, 4) is 0 Å². The minimum absolute atomic E-state index is 0.324. The van der Waals surface area contributed by atoms with Crippen LogP contribution >= 0.6 is 0 Å². The summed E-state index contributed by atoms with van der Waals surface area (Å²) in [6.45, 7) is 6.90.